The van der Waals surface area contributed by atoms with Crippen LogP contribution in [0, 0.1) is 0 Å². The highest BCUT2D eigenvalue weighted by Gasteiger charge is 2.31. The van der Waals surface area contributed by atoms with Crippen molar-refractivity contribution < 1.29 is 18.4 Å². The van der Waals surface area contributed by atoms with Crippen molar-refractivity contribution in [2.24, 2.45) is 10.9 Å². The first-order valence-electron chi connectivity index (χ1n) is 4.99. The predicted octanol–water partition coefficient (Wildman–Crippen LogP) is 1.82. The summed E-state index contributed by atoms with van der Waals surface area (Å²) in [5.74, 6) is 0.112. The quantitative estimate of drug-likeness (QED) is 0.275. The molecular weight excluding hydrogens is 237 g/mol. The molecule has 0 spiro atoms. The highest BCUT2D eigenvalue weighted by Crippen LogP contribution is 2.28. The first-order chi connectivity index (χ1) is 7.93. The minimum Gasteiger partial charge on any atom is -0.409 e. The van der Waals surface area contributed by atoms with E-state index in [-0.39, 0.29) is 5.84 Å². The van der Waals surface area contributed by atoms with Crippen molar-refractivity contribution >= 4 is 5.84 Å². The summed E-state index contributed by atoms with van der Waals surface area (Å²) in [7, 11) is 0. The molecular formula is C9H13F3N4O. The summed E-state index contributed by atoms with van der Waals surface area (Å²) in [5.41, 5.74) is 4.49. The molecule has 0 fully saturated rings. The predicted molar refractivity (Wildman–Crippen MR) is 54.5 cm³/mol. The molecule has 0 aliphatic heterocycles. The molecule has 0 amide bonds. The standard InChI is InChI=1S/C9H13F3N4O/c10-9(11,12)7-5-14-16(6-7)4-2-1-3-8(13)15-17/h5-6,17H,1-4H2,(H2,13,15). The van der Waals surface area contributed by atoms with Crippen LogP contribution in [0.2, 0.25) is 0 Å². The van der Waals surface area contributed by atoms with Gasteiger partial charge < -0.3 is 10.9 Å². The summed E-state index contributed by atoms with van der Waals surface area (Å²) in [4.78, 5) is 0. The minimum absolute atomic E-state index is 0.112. The van der Waals surface area contributed by atoms with E-state index >= 15 is 0 Å². The van der Waals surface area contributed by atoms with E-state index in [0.717, 1.165) is 12.4 Å². The lowest BCUT2D eigenvalue weighted by atomic mass is 10.2. The Balaban J connectivity index is 2.36. The van der Waals surface area contributed by atoms with Crippen molar-refractivity contribution in [3.63, 3.8) is 0 Å². The Morgan fingerprint density at radius 3 is 2.71 bits per heavy atom. The van der Waals surface area contributed by atoms with Gasteiger partial charge in [0.1, 0.15) is 5.84 Å². The minimum atomic E-state index is -4.35. The van der Waals surface area contributed by atoms with E-state index in [1.54, 1.807) is 0 Å². The Kier molecular flexibility index (Phi) is 4.36. The summed E-state index contributed by atoms with van der Waals surface area (Å²) in [5, 5.41) is 14.7. The van der Waals surface area contributed by atoms with Crippen LogP contribution in [-0.2, 0) is 12.7 Å². The Morgan fingerprint density at radius 2 is 2.18 bits per heavy atom. The Hall–Kier alpha value is -1.73. The van der Waals surface area contributed by atoms with Crippen molar-refractivity contribution in [3.05, 3.63) is 18.0 Å². The van der Waals surface area contributed by atoms with Gasteiger partial charge in [0, 0.05) is 19.2 Å². The number of nitrogens with two attached hydrogens (primary N) is 1. The molecule has 96 valence electrons. The zero-order valence-corrected chi connectivity index (χ0v) is 8.98. The number of unbranched alkanes of at least 4 members (excludes halogenated alkanes) is 1. The lowest BCUT2D eigenvalue weighted by Gasteiger charge is -2.02. The first-order valence-corrected chi connectivity index (χ1v) is 4.99. The Labute approximate surface area is 95.7 Å². The third-order valence-corrected chi connectivity index (χ3v) is 2.16. The van der Waals surface area contributed by atoms with Gasteiger partial charge in [-0.1, -0.05) is 5.16 Å². The zero-order valence-electron chi connectivity index (χ0n) is 8.98. The summed E-state index contributed by atoms with van der Waals surface area (Å²) >= 11 is 0. The lowest BCUT2D eigenvalue weighted by molar-refractivity contribution is -0.137. The third kappa shape index (κ3) is 4.33. The van der Waals surface area contributed by atoms with Crippen LogP contribution >= 0.6 is 0 Å². The molecule has 17 heavy (non-hydrogen) atoms. The number of amidine groups is 1. The number of aromatic nitrogens is 2. The highest BCUT2D eigenvalue weighted by molar-refractivity contribution is 5.79. The monoisotopic (exact) mass is 250 g/mol. The van der Waals surface area contributed by atoms with Crippen molar-refractivity contribution in [3.8, 4) is 0 Å². The molecule has 1 heterocycles. The van der Waals surface area contributed by atoms with Crippen molar-refractivity contribution in [1.29, 1.82) is 0 Å². The highest BCUT2D eigenvalue weighted by atomic mass is 19.4. The van der Waals surface area contributed by atoms with Crippen LogP contribution in [0.4, 0.5) is 13.2 Å². The fraction of sp³-hybridized carbons (Fsp3) is 0.556. The molecule has 5 nitrogen and oxygen atoms in total. The van der Waals surface area contributed by atoms with Gasteiger partial charge in [-0.3, -0.25) is 4.68 Å². The fourth-order valence-corrected chi connectivity index (χ4v) is 1.26. The number of oxime groups is 1. The van der Waals surface area contributed by atoms with Crippen molar-refractivity contribution in [1.82, 2.24) is 9.78 Å². The molecule has 1 aromatic rings. The molecule has 1 rings (SSSR count). The van der Waals surface area contributed by atoms with Gasteiger partial charge in [0.15, 0.2) is 0 Å². The largest absolute Gasteiger partial charge is 0.419 e. The second kappa shape index (κ2) is 5.55. The number of nitrogens with zero attached hydrogens (tertiary/aromatic N) is 3. The molecule has 8 heteroatoms. The van der Waals surface area contributed by atoms with E-state index in [4.69, 9.17) is 10.9 Å². The van der Waals surface area contributed by atoms with Gasteiger partial charge in [-0.25, -0.2) is 0 Å². The number of aryl methyl sites for hydroxylation is 1. The number of alkyl halides is 3. The van der Waals surface area contributed by atoms with E-state index in [0.29, 0.717) is 25.8 Å². The van der Waals surface area contributed by atoms with Crippen LogP contribution in [0.3, 0.4) is 0 Å². The molecule has 0 radical (unpaired) electrons. The van der Waals surface area contributed by atoms with E-state index < -0.39 is 11.7 Å². The smallest absolute Gasteiger partial charge is 0.409 e. The van der Waals surface area contributed by atoms with Gasteiger partial charge >= 0.3 is 6.18 Å². The topological polar surface area (TPSA) is 76.4 Å². The van der Waals surface area contributed by atoms with Crippen molar-refractivity contribution in [2.45, 2.75) is 32.0 Å². The molecule has 0 aromatic carbocycles. The van der Waals surface area contributed by atoms with Gasteiger partial charge in [0.25, 0.3) is 0 Å². The fourth-order valence-electron chi connectivity index (χ4n) is 1.26. The number of hydrogen-bond acceptors (Lipinski definition) is 3. The molecule has 0 saturated carbocycles. The molecule has 0 aliphatic carbocycles. The summed E-state index contributed by atoms with van der Waals surface area (Å²) in [6.07, 6.45) is -0.963. The third-order valence-electron chi connectivity index (χ3n) is 2.16. The van der Waals surface area contributed by atoms with E-state index in [2.05, 4.69) is 10.3 Å². The number of hydrogen-bond donors (Lipinski definition) is 2. The van der Waals surface area contributed by atoms with Crippen LogP contribution in [-0.4, -0.2) is 20.8 Å². The maximum atomic E-state index is 12.2. The second-order valence-electron chi connectivity index (χ2n) is 3.54. The SMILES string of the molecule is NC(CCCCn1cc(C(F)(F)F)cn1)=NO. The summed E-state index contributed by atoms with van der Waals surface area (Å²) in [6.45, 7) is 0.370. The Bertz CT molecular complexity index is 386. The van der Waals surface area contributed by atoms with E-state index in [9.17, 15) is 13.2 Å². The molecule has 0 saturated heterocycles. The van der Waals surface area contributed by atoms with Crippen molar-refractivity contribution in [2.75, 3.05) is 0 Å². The zero-order chi connectivity index (χ0) is 12.9. The Morgan fingerprint density at radius 1 is 1.47 bits per heavy atom. The maximum Gasteiger partial charge on any atom is 0.419 e. The van der Waals surface area contributed by atoms with E-state index in [1.165, 1.54) is 4.68 Å². The normalized spacial score (nSPS) is 13.0. The number of rotatable bonds is 5. The summed E-state index contributed by atoms with van der Waals surface area (Å²) < 4.78 is 37.9. The average Bonchev–Trinajstić information content (AvgIpc) is 2.72. The molecule has 3 N–H and O–H groups in total. The van der Waals surface area contributed by atoms with Crippen LogP contribution in [0.1, 0.15) is 24.8 Å². The van der Waals surface area contributed by atoms with Crippen LogP contribution in [0.25, 0.3) is 0 Å². The van der Waals surface area contributed by atoms with Crippen LogP contribution < -0.4 is 5.73 Å². The number of halogens is 3. The van der Waals surface area contributed by atoms with Crippen LogP contribution in [0.5, 0.6) is 0 Å². The average molecular weight is 250 g/mol. The van der Waals surface area contributed by atoms with Gasteiger partial charge in [-0.05, 0) is 12.8 Å². The molecule has 1 aromatic heterocycles. The van der Waals surface area contributed by atoms with E-state index in [1.807, 2.05) is 0 Å². The van der Waals surface area contributed by atoms with Gasteiger partial charge in [-0.15, -0.1) is 0 Å². The summed E-state index contributed by atoms with van der Waals surface area (Å²) in [6, 6.07) is 0. The second-order valence-corrected chi connectivity index (χ2v) is 3.54. The van der Waals surface area contributed by atoms with Gasteiger partial charge in [0.05, 0.1) is 11.8 Å². The van der Waals surface area contributed by atoms with Gasteiger partial charge in [-0.2, -0.15) is 18.3 Å². The van der Waals surface area contributed by atoms with Crippen LogP contribution in [0.15, 0.2) is 17.5 Å². The molecule has 0 unspecified atom stereocenters. The first kappa shape index (κ1) is 13.3. The lowest BCUT2D eigenvalue weighted by Crippen LogP contribution is -2.11. The van der Waals surface area contributed by atoms with Gasteiger partial charge in [0.2, 0.25) is 0 Å². The maximum absolute atomic E-state index is 12.2. The molecule has 0 aliphatic rings. The molecule has 0 bridgehead atoms. The molecule has 0 atom stereocenters.